The number of H-pyrrole nitrogens is 1. The Labute approximate surface area is 199 Å². The molecule has 3 aromatic heterocycles. The quantitative estimate of drug-likeness (QED) is 0.332. The van der Waals surface area contributed by atoms with Gasteiger partial charge < -0.3 is 5.32 Å². The van der Waals surface area contributed by atoms with Gasteiger partial charge in [0.15, 0.2) is 10.6 Å². The second-order valence-electron chi connectivity index (χ2n) is 7.34. The average Bonchev–Trinajstić information content (AvgIpc) is 3.60. The molecule has 0 saturated heterocycles. The number of aromatic amines is 1. The minimum Gasteiger partial charge on any atom is -0.350 e. The number of amides is 1. The predicted molar refractivity (Wildman–Crippen MR) is 132 cm³/mol. The first-order valence-electron chi connectivity index (χ1n) is 10.3. The van der Waals surface area contributed by atoms with E-state index >= 15 is 0 Å². The van der Waals surface area contributed by atoms with Crippen LogP contribution in [0.1, 0.15) is 5.56 Å². The first-order chi connectivity index (χ1) is 16.2. The molecule has 5 rings (SSSR count). The molecule has 0 fully saturated rings. The Morgan fingerprint density at radius 2 is 1.79 bits per heavy atom. The van der Waals surface area contributed by atoms with Gasteiger partial charge in [0.2, 0.25) is 5.91 Å². The maximum Gasteiger partial charge on any atom is 0.240 e. The summed E-state index contributed by atoms with van der Waals surface area (Å²) < 4.78 is 3.96. The van der Waals surface area contributed by atoms with E-state index in [4.69, 9.17) is 17.3 Å². The van der Waals surface area contributed by atoms with Crippen molar-refractivity contribution in [1.29, 1.82) is 0 Å². The molecule has 5 aromatic rings. The molecule has 0 spiro atoms. The van der Waals surface area contributed by atoms with Gasteiger partial charge in [-0.05, 0) is 35.8 Å². The molecule has 7 nitrogen and oxygen atoms in total. The number of nitrogens with zero attached hydrogens (tertiary/aromatic N) is 4. The molecule has 33 heavy (non-hydrogen) atoms. The van der Waals surface area contributed by atoms with Gasteiger partial charge in [-0.2, -0.15) is 10.2 Å². The van der Waals surface area contributed by atoms with E-state index in [1.54, 1.807) is 15.9 Å². The van der Waals surface area contributed by atoms with Crippen LogP contribution in [0.25, 0.3) is 27.6 Å². The van der Waals surface area contributed by atoms with Crippen molar-refractivity contribution in [1.82, 2.24) is 29.9 Å². The maximum absolute atomic E-state index is 12.8. The number of carbonyl (C=O) groups is 1. The number of hydrogen-bond acceptors (Lipinski definition) is 5. The lowest BCUT2D eigenvalue weighted by atomic mass is 10.1. The first kappa shape index (κ1) is 21.0. The smallest absolute Gasteiger partial charge is 0.240 e. The lowest BCUT2D eigenvalue weighted by Crippen LogP contribution is -2.27. The minimum absolute atomic E-state index is 0.0794. The van der Waals surface area contributed by atoms with Gasteiger partial charge in [0.05, 0.1) is 16.3 Å². The Hall–Kier alpha value is -3.82. The number of nitrogens with one attached hydrogen (secondary N) is 2. The summed E-state index contributed by atoms with van der Waals surface area (Å²) >= 11 is 6.89. The number of aromatic nitrogens is 5. The Morgan fingerprint density at radius 1 is 1.03 bits per heavy atom. The van der Waals surface area contributed by atoms with Crippen LogP contribution in [0.15, 0.2) is 84.4 Å². The molecule has 0 aliphatic rings. The van der Waals surface area contributed by atoms with Gasteiger partial charge in [0.1, 0.15) is 6.54 Å². The molecule has 0 aliphatic heterocycles. The van der Waals surface area contributed by atoms with Crippen molar-refractivity contribution in [3.63, 3.8) is 0 Å². The van der Waals surface area contributed by atoms with Crippen LogP contribution in [0.4, 0.5) is 0 Å². The molecule has 0 aliphatic carbocycles. The molecule has 0 radical (unpaired) electrons. The molecule has 164 valence electrons. The summed E-state index contributed by atoms with van der Waals surface area (Å²) in [4.78, 5) is 13.8. The van der Waals surface area contributed by atoms with E-state index in [2.05, 4.69) is 15.5 Å². The monoisotopic (exact) mass is 472 g/mol. The number of carbonyl (C=O) groups excluding carboxylic acids is 1. The zero-order valence-electron chi connectivity index (χ0n) is 17.5. The van der Waals surface area contributed by atoms with Crippen molar-refractivity contribution in [3.8, 4) is 27.6 Å². The van der Waals surface area contributed by atoms with Crippen molar-refractivity contribution < 1.29 is 4.79 Å². The molecular formula is C24H20N6OS2. The second-order valence-corrected chi connectivity index (χ2v) is 8.68. The van der Waals surface area contributed by atoms with Crippen molar-refractivity contribution >= 4 is 29.5 Å². The Morgan fingerprint density at radius 3 is 2.52 bits per heavy atom. The van der Waals surface area contributed by atoms with Crippen molar-refractivity contribution in [2.75, 3.05) is 0 Å². The van der Waals surface area contributed by atoms with E-state index in [0.717, 1.165) is 27.4 Å². The molecule has 1 amide bonds. The van der Waals surface area contributed by atoms with E-state index < -0.39 is 0 Å². The number of benzene rings is 2. The largest absolute Gasteiger partial charge is 0.350 e. The highest BCUT2D eigenvalue weighted by Crippen LogP contribution is 2.24. The van der Waals surface area contributed by atoms with Gasteiger partial charge >= 0.3 is 0 Å². The molecule has 0 atom stereocenters. The molecular weight excluding hydrogens is 452 g/mol. The van der Waals surface area contributed by atoms with Crippen LogP contribution in [0.3, 0.4) is 0 Å². The van der Waals surface area contributed by atoms with Gasteiger partial charge in [-0.25, -0.2) is 4.68 Å². The molecule has 0 saturated carbocycles. The third-order valence-electron chi connectivity index (χ3n) is 5.14. The predicted octanol–water partition coefficient (Wildman–Crippen LogP) is 4.84. The van der Waals surface area contributed by atoms with Crippen molar-refractivity contribution in [3.05, 3.63) is 94.7 Å². The van der Waals surface area contributed by atoms with Crippen LogP contribution in [-0.4, -0.2) is 30.5 Å². The maximum atomic E-state index is 12.8. The highest BCUT2D eigenvalue weighted by molar-refractivity contribution is 7.71. The highest BCUT2D eigenvalue weighted by atomic mass is 32.1. The van der Waals surface area contributed by atoms with Crippen LogP contribution < -0.4 is 5.32 Å². The molecule has 3 heterocycles. The second kappa shape index (κ2) is 9.35. The fraction of sp³-hybridized carbons (Fsp3) is 0.0833. The van der Waals surface area contributed by atoms with Crippen LogP contribution in [-0.2, 0) is 17.9 Å². The van der Waals surface area contributed by atoms with E-state index in [9.17, 15) is 4.79 Å². The SMILES string of the molecule is O=C(Cn1c(-c2cccs2)n[nH]c1=S)NCc1cn(-c2ccccc2)nc1-c1ccccc1. The van der Waals surface area contributed by atoms with Crippen LogP contribution in [0.2, 0.25) is 0 Å². The van der Waals surface area contributed by atoms with Gasteiger partial charge in [-0.3, -0.25) is 14.5 Å². The molecule has 2 N–H and O–H groups in total. The standard InChI is InChI=1S/C24H20N6OS2/c31-21(16-29-23(26-27-24(29)32)20-12-7-13-33-20)25-14-18-15-30(19-10-5-2-6-11-19)28-22(18)17-8-3-1-4-9-17/h1-13,15H,14,16H2,(H,25,31)(H,27,32). The van der Waals surface area contributed by atoms with Gasteiger partial charge in [0, 0.05) is 23.9 Å². The number of hydrogen-bond donors (Lipinski definition) is 2. The van der Waals surface area contributed by atoms with E-state index in [1.807, 2.05) is 89.1 Å². The normalized spacial score (nSPS) is 10.9. The molecule has 9 heteroatoms. The van der Waals surface area contributed by atoms with Crippen molar-refractivity contribution in [2.45, 2.75) is 13.1 Å². The average molecular weight is 473 g/mol. The topological polar surface area (TPSA) is 80.5 Å². The highest BCUT2D eigenvalue weighted by Gasteiger charge is 2.16. The summed E-state index contributed by atoms with van der Waals surface area (Å²) in [7, 11) is 0. The van der Waals surface area contributed by atoms with E-state index in [-0.39, 0.29) is 12.5 Å². The first-order valence-corrected chi connectivity index (χ1v) is 11.6. The summed E-state index contributed by atoms with van der Waals surface area (Å²) in [6, 6.07) is 23.8. The fourth-order valence-electron chi connectivity index (χ4n) is 3.54. The lowest BCUT2D eigenvalue weighted by molar-refractivity contribution is -0.121. The Balaban J connectivity index is 1.38. The lowest BCUT2D eigenvalue weighted by Gasteiger charge is -2.08. The van der Waals surface area contributed by atoms with E-state index in [1.165, 1.54) is 0 Å². The molecule has 0 unspecified atom stereocenters. The molecule has 2 aromatic carbocycles. The van der Waals surface area contributed by atoms with E-state index in [0.29, 0.717) is 17.1 Å². The van der Waals surface area contributed by atoms with Gasteiger partial charge in [-0.15, -0.1) is 11.3 Å². The van der Waals surface area contributed by atoms with Crippen molar-refractivity contribution in [2.24, 2.45) is 0 Å². The van der Waals surface area contributed by atoms with Crippen LogP contribution in [0, 0.1) is 4.77 Å². The number of rotatable bonds is 7. The van der Waals surface area contributed by atoms with Crippen LogP contribution in [0.5, 0.6) is 0 Å². The minimum atomic E-state index is -0.156. The van der Waals surface area contributed by atoms with Gasteiger partial charge in [-0.1, -0.05) is 54.6 Å². The third kappa shape index (κ3) is 4.55. The number of para-hydroxylation sites is 1. The zero-order valence-corrected chi connectivity index (χ0v) is 19.1. The summed E-state index contributed by atoms with van der Waals surface area (Å²) in [5, 5.41) is 16.8. The summed E-state index contributed by atoms with van der Waals surface area (Å²) in [6.45, 7) is 0.422. The Kier molecular flexibility index (Phi) is 5.97. The van der Waals surface area contributed by atoms with Crippen LogP contribution >= 0.6 is 23.6 Å². The summed E-state index contributed by atoms with van der Waals surface area (Å²) in [5.41, 5.74) is 3.71. The Bertz CT molecular complexity index is 1420. The third-order valence-corrected chi connectivity index (χ3v) is 6.31. The summed E-state index contributed by atoms with van der Waals surface area (Å²) in [6.07, 6.45) is 1.96. The zero-order chi connectivity index (χ0) is 22.6. The number of thiophene rings is 1. The van der Waals surface area contributed by atoms with Gasteiger partial charge in [0.25, 0.3) is 0 Å². The fourth-order valence-corrected chi connectivity index (χ4v) is 4.46. The summed E-state index contributed by atoms with van der Waals surface area (Å²) in [5.74, 6) is 0.504. The molecule has 0 bridgehead atoms.